The Morgan fingerprint density at radius 3 is 2.59 bits per heavy atom. The van der Waals surface area contributed by atoms with Crippen molar-refractivity contribution in [1.82, 2.24) is 10.6 Å². The first-order valence-corrected chi connectivity index (χ1v) is 8.58. The molecule has 0 unspecified atom stereocenters. The maximum atomic E-state index is 12.5. The van der Waals surface area contributed by atoms with Crippen molar-refractivity contribution in [2.75, 3.05) is 6.61 Å². The highest BCUT2D eigenvalue weighted by Gasteiger charge is 2.30. The van der Waals surface area contributed by atoms with E-state index in [0.717, 1.165) is 14.8 Å². The van der Waals surface area contributed by atoms with Crippen LogP contribution in [-0.2, 0) is 9.53 Å². The highest BCUT2D eigenvalue weighted by Crippen LogP contribution is 2.28. The third kappa shape index (κ3) is 4.19. The van der Waals surface area contributed by atoms with Crippen molar-refractivity contribution in [3.63, 3.8) is 0 Å². The summed E-state index contributed by atoms with van der Waals surface area (Å²) in [6.45, 7) is 6.27. The molecular weight excluding hydrogens is 411 g/mol. The average Bonchev–Trinajstić information content (AvgIpc) is 2.44. The molecule has 1 aromatic rings. The fourth-order valence-electron chi connectivity index (χ4n) is 2.19. The molecule has 0 fully saturated rings. The third-order valence-corrected chi connectivity index (χ3v) is 4.18. The van der Waals surface area contributed by atoms with Crippen molar-refractivity contribution in [2.45, 2.75) is 26.8 Å². The number of rotatable bonds is 4. The largest absolute Gasteiger partial charge is 0.462 e. The average molecular weight is 430 g/mol. The Morgan fingerprint density at radius 2 is 2.00 bits per heavy atom. The number of benzene rings is 1. The highest BCUT2D eigenvalue weighted by atomic mass is 127. The zero-order valence-corrected chi connectivity index (χ0v) is 15.7. The Hall–Kier alpha value is -1.15. The Kier molecular flexibility index (Phi) is 5.80. The smallest absolute Gasteiger partial charge is 0.338 e. The van der Waals surface area contributed by atoms with Crippen LogP contribution in [0.5, 0.6) is 0 Å². The van der Waals surface area contributed by atoms with Crippen molar-refractivity contribution in [3.8, 4) is 0 Å². The van der Waals surface area contributed by atoms with Crippen molar-refractivity contribution in [3.05, 3.63) is 44.7 Å². The number of hydrogen-bond acceptors (Lipinski definition) is 3. The van der Waals surface area contributed by atoms with Crippen LogP contribution in [0, 0.1) is 9.49 Å². The van der Waals surface area contributed by atoms with Gasteiger partial charge in [0, 0.05) is 9.27 Å². The molecule has 0 amide bonds. The second kappa shape index (κ2) is 7.41. The second-order valence-corrected chi connectivity index (χ2v) is 7.27. The van der Waals surface area contributed by atoms with Gasteiger partial charge in [0.15, 0.2) is 5.11 Å². The third-order valence-electron chi connectivity index (χ3n) is 3.24. The first-order chi connectivity index (χ1) is 10.4. The van der Waals surface area contributed by atoms with E-state index < -0.39 is 0 Å². The summed E-state index contributed by atoms with van der Waals surface area (Å²) in [6, 6.07) is 7.72. The molecule has 0 aromatic heterocycles. The first kappa shape index (κ1) is 17.2. The molecule has 2 rings (SSSR count). The van der Waals surface area contributed by atoms with Crippen molar-refractivity contribution in [2.24, 2.45) is 5.92 Å². The van der Waals surface area contributed by atoms with E-state index >= 15 is 0 Å². The molecule has 118 valence electrons. The minimum Gasteiger partial charge on any atom is -0.462 e. The van der Waals surface area contributed by atoms with Crippen molar-refractivity contribution in [1.29, 1.82) is 0 Å². The Morgan fingerprint density at radius 1 is 1.36 bits per heavy atom. The van der Waals surface area contributed by atoms with E-state index in [9.17, 15) is 4.79 Å². The van der Waals surface area contributed by atoms with Gasteiger partial charge in [-0.15, -0.1) is 0 Å². The molecule has 6 heteroatoms. The summed E-state index contributed by atoms with van der Waals surface area (Å²) in [5, 5.41) is 6.68. The molecule has 1 atom stereocenters. The van der Waals surface area contributed by atoms with Gasteiger partial charge < -0.3 is 15.4 Å². The molecular formula is C16H19IN2O2S. The number of carbonyl (C=O) groups excluding carboxylic acids is 1. The number of esters is 1. The number of carbonyl (C=O) groups is 1. The van der Waals surface area contributed by atoms with Gasteiger partial charge in [-0.05, 0) is 65.3 Å². The van der Waals surface area contributed by atoms with Gasteiger partial charge in [-0.3, -0.25) is 0 Å². The molecule has 0 saturated carbocycles. The van der Waals surface area contributed by atoms with Crippen LogP contribution in [0.4, 0.5) is 0 Å². The number of thiocarbonyl (C=S) groups is 1. The zero-order chi connectivity index (χ0) is 16.3. The summed E-state index contributed by atoms with van der Waals surface area (Å²) in [5.74, 6) is -0.00977. The number of halogens is 1. The van der Waals surface area contributed by atoms with Gasteiger partial charge in [0.2, 0.25) is 0 Å². The number of nitrogens with one attached hydrogen (secondary N) is 2. The molecule has 1 aromatic carbocycles. The lowest BCUT2D eigenvalue weighted by atomic mass is 9.96. The van der Waals surface area contributed by atoms with E-state index in [0.29, 0.717) is 23.2 Å². The standard InChI is InChI=1S/C16H19IN2O2S/c1-9(2)8-21-15(20)13-10(3)18-16(22)19-14(13)11-4-6-12(17)7-5-11/h4-7,9,14H,8H2,1-3H3,(H2,18,19,22)/t14-/m1/s1. The Labute approximate surface area is 149 Å². The summed E-state index contributed by atoms with van der Waals surface area (Å²) in [4.78, 5) is 12.5. The van der Waals surface area contributed by atoms with Crippen LogP contribution in [0.1, 0.15) is 32.4 Å². The van der Waals surface area contributed by atoms with Gasteiger partial charge in [-0.25, -0.2) is 4.79 Å². The van der Waals surface area contributed by atoms with Crippen LogP contribution in [-0.4, -0.2) is 17.7 Å². The van der Waals surface area contributed by atoms with Gasteiger partial charge in [0.1, 0.15) is 0 Å². The quantitative estimate of drug-likeness (QED) is 0.436. The van der Waals surface area contributed by atoms with Gasteiger partial charge in [0.05, 0.1) is 18.2 Å². The van der Waals surface area contributed by atoms with E-state index in [1.807, 2.05) is 45.0 Å². The molecule has 0 saturated heterocycles. The monoisotopic (exact) mass is 430 g/mol. The highest BCUT2D eigenvalue weighted by molar-refractivity contribution is 14.1. The summed E-state index contributed by atoms with van der Waals surface area (Å²) in [5.41, 5.74) is 2.30. The van der Waals surface area contributed by atoms with Gasteiger partial charge in [0.25, 0.3) is 0 Å². The number of hydrogen-bond donors (Lipinski definition) is 2. The lowest BCUT2D eigenvalue weighted by Crippen LogP contribution is -2.45. The predicted octanol–water partition coefficient (Wildman–Crippen LogP) is 3.28. The van der Waals surface area contributed by atoms with Crippen LogP contribution in [0.25, 0.3) is 0 Å². The molecule has 1 heterocycles. The topological polar surface area (TPSA) is 50.4 Å². The molecule has 1 aliphatic heterocycles. The van der Waals surface area contributed by atoms with Crippen molar-refractivity contribution < 1.29 is 9.53 Å². The van der Waals surface area contributed by atoms with Crippen LogP contribution in [0.3, 0.4) is 0 Å². The lowest BCUT2D eigenvalue weighted by Gasteiger charge is -2.30. The molecule has 22 heavy (non-hydrogen) atoms. The maximum absolute atomic E-state index is 12.5. The summed E-state index contributed by atoms with van der Waals surface area (Å²) in [7, 11) is 0. The zero-order valence-electron chi connectivity index (χ0n) is 12.8. The molecule has 1 aliphatic rings. The fraction of sp³-hybridized carbons (Fsp3) is 0.375. The summed E-state index contributed by atoms with van der Waals surface area (Å²) >= 11 is 7.47. The molecule has 0 radical (unpaired) electrons. The van der Waals surface area contributed by atoms with Crippen LogP contribution < -0.4 is 10.6 Å². The minimum atomic E-state index is -0.308. The SMILES string of the molecule is CC1=C(C(=O)OCC(C)C)[C@@H](c2ccc(I)cc2)NC(=S)N1. The van der Waals surface area contributed by atoms with Gasteiger partial charge in [-0.2, -0.15) is 0 Å². The first-order valence-electron chi connectivity index (χ1n) is 7.09. The molecule has 0 spiro atoms. The molecule has 2 N–H and O–H groups in total. The van der Waals surface area contributed by atoms with Gasteiger partial charge >= 0.3 is 5.97 Å². The number of ether oxygens (including phenoxy) is 1. The summed E-state index contributed by atoms with van der Waals surface area (Å²) in [6.07, 6.45) is 0. The second-order valence-electron chi connectivity index (χ2n) is 5.61. The van der Waals surface area contributed by atoms with Crippen LogP contribution in [0.2, 0.25) is 0 Å². The number of allylic oxidation sites excluding steroid dienone is 1. The van der Waals surface area contributed by atoms with E-state index in [-0.39, 0.29) is 12.0 Å². The van der Waals surface area contributed by atoms with Gasteiger partial charge in [-0.1, -0.05) is 26.0 Å². The van der Waals surface area contributed by atoms with E-state index in [2.05, 4.69) is 33.2 Å². The normalized spacial score (nSPS) is 18.0. The van der Waals surface area contributed by atoms with Crippen LogP contribution in [0.15, 0.2) is 35.5 Å². The van der Waals surface area contributed by atoms with Crippen LogP contribution >= 0.6 is 34.8 Å². The Bertz CT molecular complexity index is 611. The molecule has 0 aliphatic carbocycles. The predicted molar refractivity (Wildman–Crippen MR) is 99.3 cm³/mol. The van der Waals surface area contributed by atoms with E-state index in [4.69, 9.17) is 17.0 Å². The van der Waals surface area contributed by atoms with E-state index in [1.54, 1.807) is 0 Å². The lowest BCUT2D eigenvalue weighted by molar-refractivity contribution is -0.140. The van der Waals surface area contributed by atoms with Crippen molar-refractivity contribution >= 4 is 45.9 Å². The fourth-order valence-corrected chi connectivity index (χ4v) is 2.82. The molecule has 4 nitrogen and oxygen atoms in total. The van der Waals surface area contributed by atoms with E-state index in [1.165, 1.54) is 0 Å². The minimum absolute atomic E-state index is 0.287. The maximum Gasteiger partial charge on any atom is 0.338 e. The molecule has 0 bridgehead atoms. The Balaban J connectivity index is 2.32. The summed E-state index contributed by atoms with van der Waals surface area (Å²) < 4.78 is 6.54.